The number of anilines is 1. The summed E-state index contributed by atoms with van der Waals surface area (Å²) in [6.07, 6.45) is 4.64. The SMILES string of the molecule is Cl.O=C(NCCCN1CCCCC1)c1ccc(Cl)c(S(=O)(=O)Nc2ccccc2)c1. The fourth-order valence-electron chi connectivity index (χ4n) is 3.36. The molecule has 1 aliphatic heterocycles. The molecule has 1 aliphatic rings. The summed E-state index contributed by atoms with van der Waals surface area (Å²) in [5, 5.41) is 2.93. The first kappa shape index (κ1) is 24.5. The molecule has 1 saturated heterocycles. The fraction of sp³-hybridized carbons (Fsp3) is 0.381. The van der Waals surface area contributed by atoms with E-state index < -0.39 is 10.0 Å². The number of carbonyl (C=O) groups excluding carboxylic acids is 1. The van der Waals surface area contributed by atoms with Gasteiger partial charge in [0.2, 0.25) is 0 Å². The molecule has 2 N–H and O–H groups in total. The van der Waals surface area contributed by atoms with Gasteiger partial charge in [0.05, 0.1) is 5.02 Å². The molecule has 2 aromatic carbocycles. The van der Waals surface area contributed by atoms with Crippen LogP contribution in [0.1, 0.15) is 36.0 Å². The summed E-state index contributed by atoms with van der Waals surface area (Å²) in [5.74, 6) is -0.309. The zero-order chi connectivity index (χ0) is 20.7. The first-order valence-corrected chi connectivity index (χ1v) is 11.7. The second kappa shape index (κ2) is 11.6. The lowest BCUT2D eigenvalue weighted by Gasteiger charge is -2.26. The van der Waals surface area contributed by atoms with Crippen LogP contribution in [-0.4, -0.2) is 45.4 Å². The number of sulfonamides is 1. The predicted octanol–water partition coefficient (Wildman–Crippen LogP) is 4.17. The number of amides is 1. The van der Waals surface area contributed by atoms with E-state index in [0.717, 1.165) is 26.1 Å². The van der Waals surface area contributed by atoms with E-state index >= 15 is 0 Å². The number of benzene rings is 2. The minimum absolute atomic E-state index is 0. The van der Waals surface area contributed by atoms with E-state index in [9.17, 15) is 13.2 Å². The summed E-state index contributed by atoms with van der Waals surface area (Å²) >= 11 is 6.11. The lowest BCUT2D eigenvalue weighted by Crippen LogP contribution is -2.33. The molecule has 6 nitrogen and oxygen atoms in total. The maximum Gasteiger partial charge on any atom is 0.263 e. The smallest absolute Gasteiger partial charge is 0.263 e. The van der Waals surface area contributed by atoms with Crippen LogP contribution in [0.5, 0.6) is 0 Å². The maximum absolute atomic E-state index is 12.7. The highest BCUT2D eigenvalue weighted by Gasteiger charge is 2.20. The van der Waals surface area contributed by atoms with Gasteiger partial charge in [-0.3, -0.25) is 9.52 Å². The van der Waals surface area contributed by atoms with E-state index in [1.54, 1.807) is 30.3 Å². The minimum Gasteiger partial charge on any atom is -0.352 e. The lowest BCUT2D eigenvalue weighted by atomic mass is 10.1. The number of rotatable bonds is 8. The van der Waals surface area contributed by atoms with Crippen molar-refractivity contribution in [3.05, 3.63) is 59.1 Å². The van der Waals surface area contributed by atoms with Crippen molar-refractivity contribution >= 4 is 45.6 Å². The molecule has 3 rings (SSSR count). The van der Waals surface area contributed by atoms with Crippen molar-refractivity contribution in [2.75, 3.05) is 30.9 Å². The number of para-hydroxylation sites is 1. The third-order valence-corrected chi connectivity index (χ3v) is 6.76. The van der Waals surface area contributed by atoms with Crippen LogP contribution in [0.15, 0.2) is 53.4 Å². The van der Waals surface area contributed by atoms with E-state index in [2.05, 4.69) is 14.9 Å². The molecule has 0 bridgehead atoms. The Morgan fingerprint density at radius 3 is 2.43 bits per heavy atom. The molecular weight excluding hydrogens is 445 g/mol. The summed E-state index contributed by atoms with van der Waals surface area (Å²) in [7, 11) is -3.91. The highest BCUT2D eigenvalue weighted by atomic mass is 35.5. The Morgan fingerprint density at radius 1 is 1.03 bits per heavy atom. The average Bonchev–Trinajstić information content (AvgIpc) is 2.72. The zero-order valence-electron chi connectivity index (χ0n) is 16.6. The Labute approximate surface area is 189 Å². The van der Waals surface area contributed by atoms with Gasteiger partial charge in [-0.05, 0) is 69.2 Å². The van der Waals surface area contributed by atoms with Crippen LogP contribution in [0.4, 0.5) is 5.69 Å². The molecule has 0 aromatic heterocycles. The molecule has 0 spiro atoms. The van der Waals surface area contributed by atoms with Crippen LogP contribution >= 0.6 is 24.0 Å². The third-order valence-electron chi connectivity index (χ3n) is 4.89. The van der Waals surface area contributed by atoms with Crippen molar-refractivity contribution in [2.24, 2.45) is 0 Å². The van der Waals surface area contributed by atoms with Gasteiger partial charge in [0.15, 0.2) is 0 Å². The number of halogens is 2. The topological polar surface area (TPSA) is 78.5 Å². The number of nitrogens with one attached hydrogen (secondary N) is 2. The molecule has 0 atom stereocenters. The second-order valence-corrected chi connectivity index (χ2v) is 9.19. The van der Waals surface area contributed by atoms with E-state index in [4.69, 9.17) is 11.6 Å². The Balaban J connectivity index is 0.00000320. The second-order valence-electron chi connectivity index (χ2n) is 7.13. The van der Waals surface area contributed by atoms with Gasteiger partial charge in [0.1, 0.15) is 4.90 Å². The summed E-state index contributed by atoms with van der Waals surface area (Å²) in [6, 6.07) is 12.8. The van der Waals surface area contributed by atoms with Crippen LogP contribution in [0.25, 0.3) is 0 Å². The summed E-state index contributed by atoms with van der Waals surface area (Å²) in [5.41, 5.74) is 0.692. The zero-order valence-corrected chi connectivity index (χ0v) is 19.0. The normalized spacial score (nSPS) is 14.6. The van der Waals surface area contributed by atoms with Gasteiger partial charge in [-0.2, -0.15) is 0 Å². The van der Waals surface area contributed by atoms with Crippen molar-refractivity contribution < 1.29 is 13.2 Å². The average molecular weight is 472 g/mol. The number of hydrogen-bond acceptors (Lipinski definition) is 4. The van der Waals surface area contributed by atoms with Crippen LogP contribution in [0, 0.1) is 0 Å². The lowest BCUT2D eigenvalue weighted by molar-refractivity contribution is 0.0951. The van der Waals surface area contributed by atoms with E-state index in [-0.39, 0.29) is 33.8 Å². The number of piperidine rings is 1. The molecule has 1 amide bonds. The Hall–Kier alpha value is -1.80. The molecule has 1 fully saturated rings. The number of hydrogen-bond donors (Lipinski definition) is 2. The van der Waals surface area contributed by atoms with Gasteiger partial charge in [-0.15, -0.1) is 12.4 Å². The van der Waals surface area contributed by atoms with Crippen molar-refractivity contribution in [1.29, 1.82) is 0 Å². The molecule has 9 heteroatoms. The van der Waals surface area contributed by atoms with Gasteiger partial charge in [0.25, 0.3) is 15.9 Å². The first-order valence-electron chi connectivity index (χ1n) is 9.84. The predicted molar refractivity (Wildman–Crippen MR) is 123 cm³/mol. The maximum atomic E-state index is 12.7. The first-order chi connectivity index (χ1) is 14.0. The van der Waals surface area contributed by atoms with Gasteiger partial charge < -0.3 is 10.2 Å². The molecule has 0 aliphatic carbocycles. The van der Waals surface area contributed by atoms with Crippen molar-refractivity contribution in [2.45, 2.75) is 30.6 Å². The highest BCUT2D eigenvalue weighted by molar-refractivity contribution is 7.92. The third kappa shape index (κ3) is 6.87. The molecule has 30 heavy (non-hydrogen) atoms. The molecule has 0 saturated carbocycles. The largest absolute Gasteiger partial charge is 0.352 e. The molecule has 2 aromatic rings. The summed E-state index contributed by atoms with van der Waals surface area (Å²) in [6.45, 7) is 3.76. The Bertz CT molecular complexity index is 934. The number of likely N-dealkylation sites (tertiary alicyclic amines) is 1. The van der Waals surface area contributed by atoms with E-state index in [1.165, 1.54) is 37.5 Å². The van der Waals surface area contributed by atoms with Gasteiger partial charge in [-0.25, -0.2) is 8.42 Å². The van der Waals surface area contributed by atoms with Crippen molar-refractivity contribution in [3.8, 4) is 0 Å². The number of carbonyl (C=O) groups is 1. The molecule has 0 radical (unpaired) electrons. The Morgan fingerprint density at radius 2 is 1.73 bits per heavy atom. The molecular formula is C21H27Cl2N3O3S. The number of nitrogens with zero attached hydrogens (tertiary/aromatic N) is 1. The standard InChI is InChI=1S/C21H26ClN3O3S.ClH/c22-19-11-10-17(21(26)23-12-7-15-25-13-5-2-6-14-25)16-20(19)29(27,28)24-18-8-3-1-4-9-18;/h1,3-4,8-11,16,24H,2,5-7,12-15H2,(H,23,26);1H. The van der Waals surface area contributed by atoms with Gasteiger partial charge in [-0.1, -0.05) is 36.2 Å². The van der Waals surface area contributed by atoms with E-state index in [0.29, 0.717) is 12.2 Å². The fourth-order valence-corrected chi connectivity index (χ4v) is 4.94. The van der Waals surface area contributed by atoms with Crippen molar-refractivity contribution in [1.82, 2.24) is 10.2 Å². The summed E-state index contributed by atoms with van der Waals surface area (Å²) < 4.78 is 27.9. The molecule has 0 unspecified atom stereocenters. The minimum atomic E-state index is -3.91. The molecule has 164 valence electrons. The van der Waals surface area contributed by atoms with Crippen LogP contribution in [0.2, 0.25) is 5.02 Å². The monoisotopic (exact) mass is 471 g/mol. The Kier molecular flexibility index (Phi) is 9.42. The van der Waals surface area contributed by atoms with Crippen molar-refractivity contribution in [3.63, 3.8) is 0 Å². The van der Waals surface area contributed by atoms with Crippen LogP contribution < -0.4 is 10.0 Å². The van der Waals surface area contributed by atoms with E-state index in [1.807, 2.05) is 0 Å². The quantitative estimate of drug-likeness (QED) is 0.566. The highest BCUT2D eigenvalue weighted by Crippen LogP contribution is 2.25. The van der Waals surface area contributed by atoms with Crippen LogP contribution in [-0.2, 0) is 10.0 Å². The summed E-state index contributed by atoms with van der Waals surface area (Å²) in [4.78, 5) is 14.8. The van der Waals surface area contributed by atoms with Gasteiger partial charge in [0, 0.05) is 17.8 Å². The van der Waals surface area contributed by atoms with Gasteiger partial charge >= 0.3 is 0 Å². The van der Waals surface area contributed by atoms with Crippen LogP contribution in [0.3, 0.4) is 0 Å². The molecule has 1 heterocycles.